The van der Waals surface area contributed by atoms with Crippen LogP contribution >= 0.6 is 0 Å². The third kappa shape index (κ3) is 3.06. The number of hydrogen-bond acceptors (Lipinski definition) is 10. The minimum Gasteiger partial charge on any atom is -0.377 e. The van der Waals surface area contributed by atoms with Crippen LogP contribution in [0.1, 0.15) is 12.8 Å². The summed E-state index contributed by atoms with van der Waals surface area (Å²) in [7, 11) is 3.11. The molecule has 3 N–H and O–H groups in total. The lowest BCUT2D eigenvalue weighted by Crippen LogP contribution is -2.43. The number of fused-ring (bicyclic) bond motifs is 3. The van der Waals surface area contributed by atoms with Crippen LogP contribution in [0, 0.1) is 0 Å². The number of rotatable bonds is 0. The van der Waals surface area contributed by atoms with E-state index >= 15 is 0 Å². The second-order valence-corrected chi connectivity index (χ2v) is 4.70. The Morgan fingerprint density at radius 2 is 1.95 bits per heavy atom. The van der Waals surface area contributed by atoms with Crippen LogP contribution in [-0.4, -0.2) is 64.8 Å². The van der Waals surface area contributed by atoms with E-state index in [0.29, 0.717) is 0 Å². The van der Waals surface area contributed by atoms with Gasteiger partial charge in [0.05, 0.1) is 12.8 Å². The fourth-order valence-electron chi connectivity index (χ4n) is 1.49. The van der Waals surface area contributed by atoms with Gasteiger partial charge in [-0.15, -0.1) is 0 Å². The minimum atomic E-state index is -2.41. The molecule has 0 amide bonds. The number of guanidine groups is 2. The lowest BCUT2D eigenvalue weighted by molar-refractivity contribution is -0.279. The highest BCUT2D eigenvalue weighted by Crippen LogP contribution is 2.25. The SMILES string of the molecule is CN(C)/C(N)=N/C1=N/OC(=O)CC2(O)CC(=O)ON1OC2=O. The van der Waals surface area contributed by atoms with Crippen LogP contribution < -0.4 is 5.73 Å². The van der Waals surface area contributed by atoms with Crippen LogP contribution in [0.15, 0.2) is 10.1 Å². The highest BCUT2D eigenvalue weighted by Gasteiger charge is 2.49. The molecule has 12 heteroatoms. The van der Waals surface area contributed by atoms with Crippen LogP contribution in [0.25, 0.3) is 0 Å². The van der Waals surface area contributed by atoms with Crippen molar-refractivity contribution in [3.8, 4) is 0 Å². The van der Waals surface area contributed by atoms with Crippen molar-refractivity contribution in [2.24, 2.45) is 15.9 Å². The Hall–Kier alpha value is -2.89. The molecule has 12 nitrogen and oxygen atoms in total. The van der Waals surface area contributed by atoms with Crippen molar-refractivity contribution in [2.75, 3.05) is 14.1 Å². The number of carbonyl (C=O) groups excluding carboxylic acids is 3. The van der Waals surface area contributed by atoms with Gasteiger partial charge in [-0.3, -0.25) is 4.84 Å². The van der Waals surface area contributed by atoms with Gasteiger partial charge < -0.3 is 25.4 Å². The lowest BCUT2D eigenvalue weighted by Gasteiger charge is -2.19. The third-order valence-corrected chi connectivity index (χ3v) is 2.67. The molecule has 1 fully saturated rings. The second-order valence-electron chi connectivity index (χ2n) is 4.70. The molecular weight excluding hydrogens is 302 g/mol. The molecule has 0 aromatic heterocycles. The summed E-state index contributed by atoms with van der Waals surface area (Å²) >= 11 is 0. The lowest BCUT2D eigenvalue weighted by atomic mass is 9.96. The van der Waals surface area contributed by atoms with Gasteiger partial charge in [0.2, 0.25) is 0 Å². The molecule has 2 aliphatic heterocycles. The molecule has 2 heterocycles. The first kappa shape index (κ1) is 15.5. The van der Waals surface area contributed by atoms with Gasteiger partial charge in [-0.25, -0.2) is 14.4 Å². The van der Waals surface area contributed by atoms with Crippen LogP contribution in [0.4, 0.5) is 0 Å². The normalized spacial score (nSPS) is 28.3. The number of nitrogens with two attached hydrogens (primary N) is 1. The number of aliphatic imine (C=N–C) groups is 1. The van der Waals surface area contributed by atoms with Crippen molar-refractivity contribution in [1.82, 2.24) is 10.1 Å². The maximum absolute atomic E-state index is 11.9. The van der Waals surface area contributed by atoms with Crippen LogP contribution in [0.5, 0.6) is 0 Å². The van der Waals surface area contributed by atoms with Crippen molar-refractivity contribution in [3.63, 3.8) is 0 Å². The highest BCUT2D eigenvalue weighted by molar-refractivity contribution is 5.97. The number of oxime groups is 1. The third-order valence-electron chi connectivity index (χ3n) is 2.67. The van der Waals surface area contributed by atoms with Crippen molar-refractivity contribution < 1.29 is 34.0 Å². The maximum atomic E-state index is 11.9. The van der Waals surface area contributed by atoms with E-state index in [9.17, 15) is 19.5 Å². The predicted molar refractivity (Wildman–Crippen MR) is 67.0 cm³/mol. The van der Waals surface area contributed by atoms with E-state index in [0.717, 1.165) is 0 Å². The van der Waals surface area contributed by atoms with Gasteiger partial charge in [0.1, 0.15) is 0 Å². The smallest absolute Gasteiger partial charge is 0.369 e. The van der Waals surface area contributed by atoms with E-state index in [1.807, 2.05) is 0 Å². The summed E-state index contributed by atoms with van der Waals surface area (Å²) in [5.41, 5.74) is 3.16. The zero-order chi connectivity index (χ0) is 16.5. The summed E-state index contributed by atoms with van der Waals surface area (Å²) in [6, 6.07) is 0. The fourth-order valence-corrected chi connectivity index (χ4v) is 1.49. The molecular formula is C10H13N5O7. The summed E-state index contributed by atoms with van der Waals surface area (Å²) in [4.78, 5) is 54.0. The molecule has 2 aliphatic rings. The first-order valence-corrected chi connectivity index (χ1v) is 5.96. The van der Waals surface area contributed by atoms with E-state index in [4.69, 9.17) is 5.73 Å². The van der Waals surface area contributed by atoms with E-state index in [1.165, 1.54) is 4.90 Å². The Labute approximate surface area is 123 Å². The second kappa shape index (κ2) is 5.48. The molecule has 22 heavy (non-hydrogen) atoms. The molecule has 0 radical (unpaired) electrons. The first-order valence-electron chi connectivity index (χ1n) is 5.96. The van der Waals surface area contributed by atoms with Crippen LogP contribution in [0.3, 0.4) is 0 Å². The number of carbonyl (C=O) groups is 3. The zero-order valence-corrected chi connectivity index (χ0v) is 11.7. The molecule has 120 valence electrons. The minimum absolute atomic E-state index is 0.111. The van der Waals surface area contributed by atoms with Gasteiger partial charge >= 0.3 is 23.9 Å². The quantitative estimate of drug-likeness (QED) is 0.277. The maximum Gasteiger partial charge on any atom is 0.369 e. The number of nitrogens with zero attached hydrogens (tertiary/aromatic N) is 4. The first-order chi connectivity index (χ1) is 10.2. The summed E-state index contributed by atoms with van der Waals surface area (Å²) in [5.74, 6) is -4.11. The Kier molecular flexibility index (Phi) is 3.86. The molecule has 2 rings (SSSR count). The molecule has 1 unspecified atom stereocenters. The van der Waals surface area contributed by atoms with Gasteiger partial charge in [-0.05, 0) is 5.16 Å². The van der Waals surface area contributed by atoms with Crippen molar-refractivity contribution in [2.45, 2.75) is 18.4 Å². The Balaban J connectivity index is 2.46. The van der Waals surface area contributed by atoms with Gasteiger partial charge in [0.15, 0.2) is 11.6 Å². The molecule has 0 spiro atoms. The Morgan fingerprint density at radius 1 is 1.32 bits per heavy atom. The van der Waals surface area contributed by atoms with Crippen molar-refractivity contribution >= 4 is 29.8 Å². The molecule has 0 aromatic rings. The van der Waals surface area contributed by atoms with Gasteiger partial charge in [0, 0.05) is 19.3 Å². The monoisotopic (exact) mass is 315 g/mol. The zero-order valence-electron chi connectivity index (χ0n) is 11.7. The van der Waals surface area contributed by atoms with E-state index < -0.39 is 42.3 Å². The summed E-state index contributed by atoms with van der Waals surface area (Å²) in [5, 5.41) is 13.6. The largest absolute Gasteiger partial charge is 0.377 e. The molecule has 0 aromatic carbocycles. The summed E-state index contributed by atoms with van der Waals surface area (Å²) < 4.78 is 0. The van der Waals surface area contributed by atoms with Crippen LogP contribution in [0.2, 0.25) is 0 Å². The molecule has 0 saturated carbocycles. The standard InChI is InChI=1S/C10H13N5O7/c1-14(2)8(11)12-9-13-20-5(16)3-10(19)4-6(17)21-15(9)22-7(10)18/h19H,3-4H2,1-2H3,(H2,11,12,13). The van der Waals surface area contributed by atoms with E-state index in [2.05, 4.69) is 24.7 Å². The average Bonchev–Trinajstić information content (AvgIpc) is 2.48. The van der Waals surface area contributed by atoms with Crippen molar-refractivity contribution in [1.29, 1.82) is 0 Å². The molecule has 0 aliphatic carbocycles. The van der Waals surface area contributed by atoms with Gasteiger partial charge in [-0.1, -0.05) is 0 Å². The molecule has 1 atom stereocenters. The van der Waals surface area contributed by atoms with Crippen LogP contribution in [-0.2, 0) is 28.9 Å². The summed E-state index contributed by atoms with van der Waals surface area (Å²) in [6.07, 6.45) is -1.63. The number of hydrogen-bond donors (Lipinski definition) is 2. The van der Waals surface area contributed by atoms with E-state index in [1.54, 1.807) is 14.1 Å². The fraction of sp³-hybridized carbons (Fsp3) is 0.500. The predicted octanol–water partition coefficient (Wildman–Crippen LogP) is -2.57. The average molecular weight is 315 g/mol. The molecule has 2 bridgehead atoms. The highest BCUT2D eigenvalue weighted by atomic mass is 17.0. The van der Waals surface area contributed by atoms with Crippen molar-refractivity contribution in [3.05, 3.63) is 0 Å². The number of aliphatic hydroxyl groups is 1. The topological polar surface area (TPSA) is 156 Å². The van der Waals surface area contributed by atoms with Gasteiger partial charge in [-0.2, -0.15) is 4.99 Å². The Bertz CT molecular complexity index is 586. The molecule has 1 saturated heterocycles. The summed E-state index contributed by atoms with van der Waals surface area (Å²) in [6.45, 7) is 0. The van der Waals surface area contributed by atoms with Gasteiger partial charge in [0.25, 0.3) is 0 Å². The van der Waals surface area contributed by atoms with E-state index in [-0.39, 0.29) is 11.2 Å². The Morgan fingerprint density at radius 3 is 2.59 bits per heavy atom. The number of hydroxylamine groups is 2.